The standard InChI is InChI=1S/C21H29N5O/c1-22-18-5-2-3-6-19(18)25-12-11-24(10-9-23-13-15-27-16-14-23)17-21(25)20-7-4-8-26(20)22/h2-8,21H,9-17H2,1H3. The molecule has 1 aromatic heterocycles. The van der Waals surface area contributed by atoms with Gasteiger partial charge >= 0.3 is 0 Å². The van der Waals surface area contributed by atoms with Crippen molar-refractivity contribution in [1.82, 2.24) is 14.5 Å². The van der Waals surface area contributed by atoms with Gasteiger partial charge in [0.05, 0.1) is 36.3 Å². The number of hydrogen-bond acceptors (Lipinski definition) is 5. The van der Waals surface area contributed by atoms with Gasteiger partial charge in [-0.3, -0.25) is 19.5 Å². The normalized spacial score (nSPS) is 23.5. The fourth-order valence-electron chi connectivity index (χ4n) is 4.71. The molecule has 0 saturated carbocycles. The van der Waals surface area contributed by atoms with E-state index in [1.165, 1.54) is 17.1 Å². The molecule has 0 aliphatic carbocycles. The molecule has 6 nitrogen and oxygen atoms in total. The predicted octanol–water partition coefficient (Wildman–Crippen LogP) is 1.90. The van der Waals surface area contributed by atoms with E-state index in [-0.39, 0.29) is 0 Å². The molecular formula is C21H29N5O. The summed E-state index contributed by atoms with van der Waals surface area (Å²) < 4.78 is 7.79. The van der Waals surface area contributed by atoms with Crippen molar-refractivity contribution in [2.24, 2.45) is 0 Å². The Labute approximate surface area is 161 Å². The molecule has 1 atom stereocenters. The number of aromatic nitrogens is 1. The molecule has 2 aromatic rings. The first-order valence-electron chi connectivity index (χ1n) is 10.1. The third-order valence-corrected chi connectivity index (χ3v) is 6.26. The van der Waals surface area contributed by atoms with Crippen molar-refractivity contribution in [2.45, 2.75) is 6.04 Å². The van der Waals surface area contributed by atoms with Crippen molar-refractivity contribution in [3.8, 4) is 0 Å². The average molecular weight is 367 g/mol. The summed E-state index contributed by atoms with van der Waals surface area (Å²) in [4.78, 5) is 7.78. The Hall–Kier alpha value is -2.02. The van der Waals surface area contributed by atoms with Gasteiger partial charge in [-0.15, -0.1) is 0 Å². The molecule has 0 N–H and O–H groups in total. The lowest BCUT2D eigenvalue weighted by molar-refractivity contribution is 0.0323. The smallest absolute Gasteiger partial charge is 0.0841 e. The van der Waals surface area contributed by atoms with Crippen LogP contribution in [0.15, 0.2) is 42.6 Å². The van der Waals surface area contributed by atoms with E-state index in [2.05, 4.69) is 74.0 Å². The van der Waals surface area contributed by atoms with Gasteiger partial charge < -0.3 is 9.64 Å². The number of hydrogen-bond donors (Lipinski definition) is 0. The van der Waals surface area contributed by atoms with Gasteiger partial charge in [0, 0.05) is 59.1 Å². The summed E-state index contributed by atoms with van der Waals surface area (Å²) in [5.74, 6) is 0. The zero-order valence-electron chi connectivity index (χ0n) is 16.1. The van der Waals surface area contributed by atoms with Crippen molar-refractivity contribution in [3.63, 3.8) is 0 Å². The molecule has 1 unspecified atom stereocenters. The van der Waals surface area contributed by atoms with Crippen molar-refractivity contribution in [3.05, 3.63) is 48.3 Å². The molecule has 2 saturated heterocycles. The first kappa shape index (κ1) is 17.1. The molecule has 1 aromatic carbocycles. The zero-order valence-corrected chi connectivity index (χ0v) is 16.1. The summed E-state index contributed by atoms with van der Waals surface area (Å²) in [6.45, 7) is 9.48. The number of ether oxygens (including phenoxy) is 1. The van der Waals surface area contributed by atoms with Crippen LogP contribution >= 0.6 is 0 Å². The number of piperazine rings is 1. The molecule has 4 heterocycles. The van der Waals surface area contributed by atoms with Gasteiger partial charge in [0.2, 0.25) is 0 Å². The van der Waals surface area contributed by atoms with Crippen molar-refractivity contribution >= 4 is 11.4 Å². The summed E-state index contributed by atoms with van der Waals surface area (Å²) in [5, 5.41) is 2.28. The van der Waals surface area contributed by atoms with E-state index in [4.69, 9.17) is 4.74 Å². The second kappa shape index (κ2) is 7.19. The van der Waals surface area contributed by atoms with Gasteiger partial charge in [-0.2, -0.15) is 0 Å². The Morgan fingerprint density at radius 2 is 1.67 bits per heavy atom. The minimum absolute atomic E-state index is 0.393. The maximum atomic E-state index is 5.48. The fourth-order valence-corrected chi connectivity index (χ4v) is 4.71. The van der Waals surface area contributed by atoms with E-state index in [1.807, 2.05) is 0 Å². The lowest BCUT2D eigenvalue weighted by Gasteiger charge is -2.42. The minimum atomic E-state index is 0.393. The van der Waals surface area contributed by atoms with Crippen molar-refractivity contribution < 1.29 is 4.74 Å². The van der Waals surface area contributed by atoms with E-state index in [0.29, 0.717) is 6.04 Å². The van der Waals surface area contributed by atoms with E-state index in [9.17, 15) is 0 Å². The molecule has 27 heavy (non-hydrogen) atoms. The number of anilines is 2. The van der Waals surface area contributed by atoms with Crippen LogP contribution in [0.5, 0.6) is 0 Å². The fraction of sp³-hybridized carbons (Fsp3) is 0.524. The van der Waals surface area contributed by atoms with E-state index in [0.717, 1.165) is 59.0 Å². The molecule has 3 aliphatic rings. The SMILES string of the molecule is CN1c2ccccc2N2CCN(CCN3CCOCC3)CC2c2cccn21. The predicted molar refractivity (Wildman–Crippen MR) is 108 cm³/mol. The highest BCUT2D eigenvalue weighted by atomic mass is 16.5. The highest BCUT2D eigenvalue weighted by molar-refractivity contribution is 5.73. The van der Waals surface area contributed by atoms with E-state index >= 15 is 0 Å². The maximum absolute atomic E-state index is 5.48. The number of para-hydroxylation sites is 2. The zero-order chi connectivity index (χ0) is 18.2. The summed E-state index contributed by atoms with van der Waals surface area (Å²) in [6.07, 6.45) is 2.18. The molecule has 5 rings (SSSR count). The van der Waals surface area contributed by atoms with Crippen LogP contribution in [0.4, 0.5) is 11.4 Å². The van der Waals surface area contributed by atoms with Crippen molar-refractivity contribution in [1.29, 1.82) is 0 Å². The Morgan fingerprint density at radius 3 is 2.52 bits per heavy atom. The second-order valence-electron chi connectivity index (χ2n) is 7.75. The lowest BCUT2D eigenvalue weighted by atomic mass is 10.1. The van der Waals surface area contributed by atoms with Gasteiger partial charge in [-0.25, -0.2) is 0 Å². The van der Waals surface area contributed by atoms with E-state index in [1.54, 1.807) is 0 Å². The second-order valence-corrected chi connectivity index (χ2v) is 7.75. The lowest BCUT2D eigenvalue weighted by Crippen LogP contribution is -2.51. The number of benzene rings is 1. The molecule has 0 spiro atoms. The van der Waals surface area contributed by atoms with Gasteiger partial charge in [0.25, 0.3) is 0 Å². The van der Waals surface area contributed by atoms with Gasteiger partial charge in [0.1, 0.15) is 0 Å². The molecule has 0 radical (unpaired) electrons. The van der Waals surface area contributed by atoms with Crippen molar-refractivity contribution in [2.75, 3.05) is 76.0 Å². The molecular weight excluding hydrogens is 338 g/mol. The molecule has 0 bridgehead atoms. The third-order valence-electron chi connectivity index (χ3n) is 6.26. The molecule has 144 valence electrons. The first-order chi connectivity index (χ1) is 13.3. The Bertz CT molecular complexity index is 784. The number of nitrogens with zero attached hydrogens (tertiary/aromatic N) is 5. The monoisotopic (exact) mass is 367 g/mol. The topological polar surface area (TPSA) is 27.1 Å². The summed E-state index contributed by atoms with van der Waals surface area (Å²) >= 11 is 0. The Balaban J connectivity index is 1.38. The first-order valence-corrected chi connectivity index (χ1v) is 10.1. The Kier molecular flexibility index (Phi) is 4.55. The maximum Gasteiger partial charge on any atom is 0.0841 e. The highest BCUT2D eigenvalue weighted by Crippen LogP contribution is 2.40. The minimum Gasteiger partial charge on any atom is -0.379 e. The van der Waals surface area contributed by atoms with Crippen LogP contribution in [0.3, 0.4) is 0 Å². The third kappa shape index (κ3) is 3.12. The summed E-state index contributed by atoms with van der Waals surface area (Å²) in [7, 11) is 2.16. The van der Waals surface area contributed by atoms with Crippen LogP contribution in [0, 0.1) is 0 Å². The van der Waals surface area contributed by atoms with Crippen LogP contribution in [0.25, 0.3) is 0 Å². The average Bonchev–Trinajstić information content (AvgIpc) is 3.19. The van der Waals surface area contributed by atoms with Gasteiger partial charge in [0.15, 0.2) is 0 Å². The van der Waals surface area contributed by atoms with Gasteiger partial charge in [-0.1, -0.05) is 12.1 Å². The molecule has 3 aliphatic heterocycles. The summed E-state index contributed by atoms with van der Waals surface area (Å²) in [5.41, 5.74) is 4.01. The van der Waals surface area contributed by atoms with Crippen LogP contribution in [-0.2, 0) is 4.74 Å². The highest BCUT2D eigenvalue weighted by Gasteiger charge is 2.34. The van der Waals surface area contributed by atoms with Crippen LogP contribution in [0.2, 0.25) is 0 Å². The molecule has 6 heteroatoms. The number of rotatable bonds is 3. The van der Waals surface area contributed by atoms with Gasteiger partial charge in [-0.05, 0) is 24.3 Å². The molecule has 2 fully saturated rings. The van der Waals surface area contributed by atoms with Crippen LogP contribution < -0.4 is 9.91 Å². The van der Waals surface area contributed by atoms with E-state index < -0.39 is 0 Å². The molecule has 0 amide bonds. The Morgan fingerprint density at radius 1 is 0.889 bits per heavy atom. The number of fused-ring (bicyclic) bond motifs is 5. The summed E-state index contributed by atoms with van der Waals surface area (Å²) in [6, 6.07) is 13.6. The largest absolute Gasteiger partial charge is 0.379 e. The van der Waals surface area contributed by atoms with Crippen LogP contribution in [0.1, 0.15) is 11.7 Å². The number of morpholine rings is 1. The quantitative estimate of drug-likeness (QED) is 0.826. The van der Waals surface area contributed by atoms with Crippen LogP contribution in [-0.4, -0.2) is 80.6 Å².